The second-order valence-corrected chi connectivity index (χ2v) is 7.63. The van der Waals surface area contributed by atoms with Gasteiger partial charge in [0, 0.05) is 17.9 Å². The number of aryl methyl sites for hydroxylation is 1. The Morgan fingerprint density at radius 2 is 2.00 bits per heavy atom. The summed E-state index contributed by atoms with van der Waals surface area (Å²) in [6, 6.07) is 8.43. The van der Waals surface area contributed by atoms with Crippen molar-refractivity contribution in [1.29, 1.82) is 0 Å². The topological polar surface area (TPSA) is 34.4 Å². The van der Waals surface area contributed by atoms with Gasteiger partial charge in [0.05, 0.1) is 15.8 Å². The van der Waals surface area contributed by atoms with E-state index >= 15 is 0 Å². The van der Waals surface area contributed by atoms with E-state index < -0.39 is 23.5 Å². The van der Waals surface area contributed by atoms with E-state index in [0.717, 1.165) is 34.7 Å². The zero-order valence-corrected chi connectivity index (χ0v) is 15.7. The largest absolute Gasteiger partial charge is 0.416 e. The predicted octanol–water partition coefficient (Wildman–Crippen LogP) is 4.96. The summed E-state index contributed by atoms with van der Waals surface area (Å²) in [5.41, 5.74) is -0.326. The minimum atomic E-state index is -4.54. The summed E-state index contributed by atoms with van der Waals surface area (Å²) < 4.78 is 54.5. The first-order valence-corrected chi connectivity index (χ1v) is 10.0. The fourth-order valence-corrected chi connectivity index (χ4v) is 3.96. The average Bonchev–Trinajstić information content (AvgIpc) is 2.95. The van der Waals surface area contributed by atoms with Crippen molar-refractivity contribution >= 4 is 39.2 Å². The van der Waals surface area contributed by atoms with Gasteiger partial charge in [-0.05, 0) is 42.7 Å². The Bertz CT molecular complexity index is 1050. The molecule has 0 N–H and O–H groups in total. The minimum Gasteiger partial charge on any atom is -0.316 e. The van der Waals surface area contributed by atoms with Crippen LogP contribution in [0.3, 0.4) is 0 Å². The second kappa shape index (κ2) is 7.85. The molecule has 0 atom stereocenters. The molecular formula is C18H14F4N2OS2. The quantitative estimate of drug-likeness (QED) is 0.566. The molecule has 0 fully saturated rings. The number of nitrogens with zero attached hydrogens (tertiary/aromatic N) is 2. The first-order valence-electron chi connectivity index (χ1n) is 7.84. The molecule has 3 rings (SSSR count). The number of hydrogen-bond acceptors (Lipinski definition) is 3. The molecule has 0 saturated heterocycles. The summed E-state index contributed by atoms with van der Waals surface area (Å²) in [5.74, 6) is -0.434. The summed E-state index contributed by atoms with van der Waals surface area (Å²) >= 11 is 2.72. The number of amides is 1. The van der Waals surface area contributed by atoms with Gasteiger partial charge in [0.2, 0.25) is 0 Å². The molecule has 142 valence electrons. The van der Waals surface area contributed by atoms with Crippen molar-refractivity contribution in [2.24, 2.45) is 4.99 Å². The highest BCUT2D eigenvalue weighted by molar-refractivity contribution is 7.98. The van der Waals surface area contributed by atoms with Gasteiger partial charge < -0.3 is 4.57 Å². The highest BCUT2D eigenvalue weighted by Crippen LogP contribution is 2.29. The monoisotopic (exact) mass is 414 g/mol. The maximum atomic E-state index is 13.5. The van der Waals surface area contributed by atoms with E-state index in [9.17, 15) is 22.4 Å². The van der Waals surface area contributed by atoms with Crippen molar-refractivity contribution in [1.82, 2.24) is 4.57 Å². The second-order valence-electron chi connectivity index (χ2n) is 5.64. The summed E-state index contributed by atoms with van der Waals surface area (Å²) in [6.07, 6.45) is -2.61. The Morgan fingerprint density at radius 3 is 2.70 bits per heavy atom. The van der Waals surface area contributed by atoms with Crippen LogP contribution in [0.25, 0.3) is 10.2 Å². The van der Waals surface area contributed by atoms with Crippen LogP contribution in [0, 0.1) is 5.82 Å². The molecule has 1 aromatic heterocycles. The van der Waals surface area contributed by atoms with Crippen LogP contribution in [0.1, 0.15) is 15.9 Å². The van der Waals surface area contributed by atoms with Gasteiger partial charge in [0.25, 0.3) is 5.91 Å². The predicted molar refractivity (Wildman–Crippen MR) is 99.5 cm³/mol. The van der Waals surface area contributed by atoms with E-state index in [1.165, 1.54) is 24.3 Å². The van der Waals surface area contributed by atoms with Crippen LogP contribution in [0.15, 0.2) is 47.5 Å². The Balaban J connectivity index is 2.08. The molecule has 27 heavy (non-hydrogen) atoms. The minimum absolute atomic E-state index is 0.148. The molecule has 0 aliphatic heterocycles. The van der Waals surface area contributed by atoms with Crippen molar-refractivity contribution in [3.05, 3.63) is 64.2 Å². The Labute approximate surface area is 160 Å². The van der Waals surface area contributed by atoms with Crippen LogP contribution in [-0.4, -0.2) is 22.5 Å². The molecule has 9 heteroatoms. The third kappa shape index (κ3) is 4.41. The van der Waals surface area contributed by atoms with Crippen LogP contribution in [-0.2, 0) is 12.7 Å². The standard InChI is InChI=1S/C18H14F4N2OS2/c1-26-8-7-24-14-6-5-13(19)10-15(14)27-17(24)23-16(25)11-3-2-4-12(9-11)18(20,21)22/h2-6,9-10H,7-8H2,1H3. The maximum absolute atomic E-state index is 13.5. The molecule has 0 aliphatic rings. The number of hydrogen-bond donors (Lipinski definition) is 0. The van der Waals surface area contributed by atoms with Crippen LogP contribution in [0.4, 0.5) is 17.6 Å². The molecule has 3 aromatic rings. The molecule has 0 bridgehead atoms. The van der Waals surface area contributed by atoms with Gasteiger partial charge >= 0.3 is 6.18 Å². The fourth-order valence-electron chi connectivity index (χ4n) is 2.51. The van der Waals surface area contributed by atoms with Crippen molar-refractivity contribution in [3.63, 3.8) is 0 Å². The van der Waals surface area contributed by atoms with Crippen molar-refractivity contribution in [2.45, 2.75) is 12.7 Å². The van der Waals surface area contributed by atoms with Crippen LogP contribution in [0.2, 0.25) is 0 Å². The van der Waals surface area contributed by atoms with Gasteiger partial charge in [-0.15, -0.1) is 0 Å². The highest BCUT2D eigenvalue weighted by Gasteiger charge is 2.30. The number of rotatable bonds is 4. The number of thiazole rings is 1. The zero-order chi connectivity index (χ0) is 19.6. The van der Waals surface area contributed by atoms with Crippen LogP contribution in [0.5, 0.6) is 0 Å². The lowest BCUT2D eigenvalue weighted by Crippen LogP contribution is -2.18. The summed E-state index contributed by atoms with van der Waals surface area (Å²) in [7, 11) is 0. The third-order valence-electron chi connectivity index (χ3n) is 3.80. The van der Waals surface area contributed by atoms with E-state index in [2.05, 4.69) is 4.99 Å². The third-order valence-corrected chi connectivity index (χ3v) is 5.43. The molecule has 0 saturated carbocycles. The van der Waals surface area contributed by atoms with Gasteiger partial charge in [-0.2, -0.15) is 29.9 Å². The Morgan fingerprint density at radius 1 is 1.22 bits per heavy atom. The number of carbonyl (C=O) groups is 1. The molecular weight excluding hydrogens is 400 g/mol. The lowest BCUT2D eigenvalue weighted by molar-refractivity contribution is -0.137. The maximum Gasteiger partial charge on any atom is 0.416 e. The van der Waals surface area contributed by atoms with Gasteiger partial charge in [-0.25, -0.2) is 4.39 Å². The van der Waals surface area contributed by atoms with Crippen LogP contribution < -0.4 is 4.80 Å². The lowest BCUT2D eigenvalue weighted by Gasteiger charge is -2.07. The van der Waals surface area contributed by atoms with E-state index in [1.54, 1.807) is 22.4 Å². The van der Waals surface area contributed by atoms with Crippen molar-refractivity contribution < 1.29 is 22.4 Å². The number of alkyl halides is 3. The van der Waals surface area contributed by atoms with Crippen molar-refractivity contribution in [2.75, 3.05) is 12.0 Å². The Kier molecular flexibility index (Phi) is 5.71. The first-order chi connectivity index (χ1) is 12.8. The first kappa shape index (κ1) is 19.6. The van der Waals surface area contributed by atoms with Gasteiger partial charge in [0.15, 0.2) is 4.80 Å². The van der Waals surface area contributed by atoms with E-state index in [4.69, 9.17) is 0 Å². The molecule has 3 nitrogen and oxygen atoms in total. The summed E-state index contributed by atoms with van der Waals surface area (Å²) in [5, 5.41) is 0. The van der Waals surface area contributed by atoms with Gasteiger partial charge in [0.1, 0.15) is 5.82 Å². The van der Waals surface area contributed by atoms with E-state index in [1.807, 2.05) is 6.26 Å². The van der Waals surface area contributed by atoms with Crippen LogP contribution >= 0.6 is 23.1 Å². The molecule has 0 unspecified atom stereocenters. The lowest BCUT2D eigenvalue weighted by atomic mass is 10.1. The molecule has 1 heterocycles. The summed E-state index contributed by atoms with van der Waals surface area (Å²) in [4.78, 5) is 16.8. The number of halogens is 4. The number of thioether (sulfide) groups is 1. The zero-order valence-electron chi connectivity index (χ0n) is 14.1. The molecule has 0 spiro atoms. The molecule has 0 radical (unpaired) electrons. The van der Waals surface area contributed by atoms with E-state index in [-0.39, 0.29) is 5.56 Å². The van der Waals surface area contributed by atoms with E-state index in [0.29, 0.717) is 16.0 Å². The number of benzene rings is 2. The van der Waals surface area contributed by atoms with Gasteiger partial charge in [-0.3, -0.25) is 4.79 Å². The summed E-state index contributed by atoms with van der Waals surface area (Å²) in [6.45, 7) is 0.543. The van der Waals surface area contributed by atoms with Crippen molar-refractivity contribution in [3.8, 4) is 0 Å². The average molecular weight is 414 g/mol. The smallest absolute Gasteiger partial charge is 0.316 e. The molecule has 1 amide bonds. The fraction of sp³-hybridized carbons (Fsp3) is 0.222. The normalized spacial score (nSPS) is 12.7. The highest BCUT2D eigenvalue weighted by atomic mass is 32.2. The van der Waals surface area contributed by atoms with Gasteiger partial charge in [-0.1, -0.05) is 17.4 Å². The molecule has 0 aliphatic carbocycles. The number of fused-ring (bicyclic) bond motifs is 1. The number of aromatic nitrogens is 1. The SMILES string of the molecule is CSCCn1c(=NC(=O)c2cccc(C(F)(F)F)c2)sc2cc(F)ccc21. The molecule has 2 aromatic carbocycles. The number of carbonyl (C=O) groups excluding carboxylic acids is 1. The Hall–Kier alpha value is -2.13.